The Morgan fingerprint density at radius 1 is 1.18 bits per heavy atom. The molecule has 6 heteroatoms. The standard InChI is InChI=1S/C16H16N2O4/c19-15(18-8-9-22-10-14(18)16(20)21)13-7-6-12(17-13)11-4-2-1-3-5-11/h1-7,14,17H,8-10H2,(H,20,21)/t14-/m0/s1. The number of H-pyrrole nitrogens is 1. The molecule has 114 valence electrons. The molecular weight excluding hydrogens is 284 g/mol. The summed E-state index contributed by atoms with van der Waals surface area (Å²) in [4.78, 5) is 28.2. The summed E-state index contributed by atoms with van der Waals surface area (Å²) < 4.78 is 5.15. The van der Waals surface area contributed by atoms with Crippen LogP contribution in [-0.4, -0.2) is 52.7 Å². The van der Waals surface area contributed by atoms with Crippen LogP contribution in [0, 0.1) is 0 Å². The van der Waals surface area contributed by atoms with Crippen molar-refractivity contribution in [3.05, 3.63) is 48.2 Å². The minimum absolute atomic E-state index is 0.0212. The van der Waals surface area contributed by atoms with Gasteiger partial charge in [0.25, 0.3) is 5.91 Å². The van der Waals surface area contributed by atoms with Crippen molar-refractivity contribution in [2.24, 2.45) is 0 Å². The molecule has 1 fully saturated rings. The molecule has 6 nitrogen and oxygen atoms in total. The zero-order chi connectivity index (χ0) is 15.5. The van der Waals surface area contributed by atoms with Gasteiger partial charge < -0.3 is 19.7 Å². The molecule has 2 N–H and O–H groups in total. The normalized spacial score (nSPS) is 18.2. The molecule has 0 aliphatic carbocycles. The largest absolute Gasteiger partial charge is 0.480 e. The van der Waals surface area contributed by atoms with Crippen LogP contribution in [0.25, 0.3) is 11.3 Å². The predicted molar refractivity (Wildman–Crippen MR) is 79.5 cm³/mol. The fourth-order valence-corrected chi connectivity index (χ4v) is 2.51. The molecule has 1 saturated heterocycles. The number of amides is 1. The van der Waals surface area contributed by atoms with Crippen molar-refractivity contribution >= 4 is 11.9 Å². The van der Waals surface area contributed by atoms with Gasteiger partial charge >= 0.3 is 5.97 Å². The summed E-state index contributed by atoms with van der Waals surface area (Å²) in [5, 5.41) is 9.20. The number of hydrogen-bond acceptors (Lipinski definition) is 3. The minimum atomic E-state index is -1.05. The number of aromatic amines is 1. The lowest BCUT2D eigenvalue weighted by Gasteiger charge is -2.32. The van der Waals surface area contributed by atoms with Gasteiger partial charge in [0.15, 0.2) is 6.04 Å². The number of benzene rings is 1. The zero-order valence-electron chi connectivity index (χ0n) is 11.9. The van der Waals surface area contributed by atoms with Gasteiger partial charge in [-0.15, -0.1) is 0 Å². The fraction of sp³-hybridized carbons (Fsp3) is 0.250. The number of nitrogens with zero attached hydrogens (tertiary/aromatic N) is 1. The third-order valence-electron chi connectivity index (χ3n) is 3.68. The Morgan fingerprint density at radius 2 is 1.95 bits per heavy atom. The van der Waals surface area contributed by atoms with Crippen LogP contribution >= 0.6 is 0 Å². The molecule has 0 spiro atoms. The van der Waals surface area contributed by atoms with E-state index in [9.17, 15) is 14.7 Å². The van der Waals surface area contributed by atoms with Gasteiger partial charge in [-0.05, 0) is 17.7 Å². The summed E-state index contributed by atoms with van der Waals surface area (Å²) >= 11 is 0. The SMILES string of the molecule is O=C(O)[C@@H]1COCCN1C(=O)c1ccc(-c2ccccc2)[nH]1. The lowest BCUT2D eigenvalue weighted by Crippen LogP contribution is -2.52. The average molecular weight is 300 g/mol. The highest BCUT2D eigenvalue weighted by atomic mass is 16.5. The van der Waals surface area contributed by atoms with Gasteiger partial charge in [-0.1, -0.05) is 30.3 Å². The first kappa shape index (κ1) is 14.3. The second-order valence-corrected chi connectivity index (χ2v) is 5.08. The Kier molecular flexibility index (Phi) is 3.93. The van der Waals surface area contributed by atoms with Crippen molar-refractivity contribution in [1.82, 2.24) is 9.88 Å². The Morgan fingerprint density at radius 3 is 2.68 bits per heavy atom. The van der Waals surface area contributed by atoms with Crippen LogP contribution in [0.4, 0.5) is 0 Å². The van der Waals surface area contributed by atoms with Crippen molar-refractivity contribution in [3.63, 3.8) is 0 Å². The van der Waals surface area contributed by atoms with E-state index < -0.39 is 12.0 Å². The number of aliphatic carboxylic acids is 1. The number of carbonyl (C=O) groups is 2. The van der Waals surface area contributed by atoms with Crippen molar-refractivity contribution in [2.75, 3.05) is 19.8 Å². The second-order valence-electron chi connectivity index (χ2n) is 5.08. The van der Waals surface area contributed by atoms with Crippen LogP contribution in [0.3, 0.4) is 0 Å². The fourth-order valence-electron chi connectivity index (χ4n) is 2.51. The van der Waals surface area contributed by atoms with E-state index in [1.807, 2.05) is 36.4 Å². The van der Waals surface area contributed by atoms with Gasteiger partial charge in [0.2, 0.25) is 0 Å². The molecule has 1 aromatic heterocycles. The molecule has 0 bridgehead atoms. The highest BCUT2D eigenvalue weighted by molar-refractivity contribution is 5.96. The van der Waals surface area contributed by atoms with Crippen LogP contribution < -0.4 is 0 Å². The van der Waals surface area contributed by atoms with Crippen molar-refractivity contribution in [3.8, 4) is 11.3 Å². The van der Waals surface area contributed by atoms with Gasteiger partial charge in [-0.2, -0.15) is 0 Å². The summed E-state index contributed by atoms with van der Waals surface area (Å²) in [6.07, 6.45) is 0. The topological polar surface area (TPSA) is 82.6 Å². The van der Waals surface area contributed by atoms with Gasteiger partial charge in [0.1, 0.15) is 5.69 Å². The molecule has 1 aromatic carbocycles. The Labute approximate surface area is 127 Å². The molecule has 1 aliphatic rings. The smallest absolute Gasteiger partial charge is 0.328 e. The van der Waals surface area contributed by atoms with Crippen LogP contribution in [0.5, 0.6) is 0 Å². The number of carboxylic acids is 1. The number of carbonyl (C=O) groups excluding carboxylic acids is 1. The van der Waals surface area contributed by atoms with Crippen LogP contribution in [0.2, 0.25) is 0 Å². The average Bonchev–Trinajstić information content (AvgIpc) is 3.05. The van der Waals surface area contributed by atoms with Gasteiger partial charge in [0.05, 0.1) is 13.2 Å². The molecule has 2 heterocycles. The van der Waals surface area contributed by atoms with E-state index in [4.69, 9.17) is 4.74 Å². The maximum Gasteiger partial charge on any atom is 0.328 e. The molecule has 0 unspecified atom stereocenters. The lowest BCUT2D eigenvalue weighted by atomic mass is 10.2. The highest BCUT2D eigenvalue weighted by Crippen LogP contribution is 2.20. The summed E-state index contributed by atoms with van der Waals surface area (Å²) in [5.74, 6) is -1.37. The number of rotatable bonds is 3. The first-order valence-corrected chi connectivity index (χ1v) is 7.03. The third kappa shape index (κ3) is 2.73. The lowest BCUT2D eigenvalue weighted by molar-refractivity contribution is -0.147. The number of hydrogen-bond donors (Lipinski definition) is 2. The van der Waals surface area contributed by atoms with E-state index >= 15 is 0 Å². The van der Waals surface area contributed by atoms with Crippen LogP contribution in [0.15, 0.2) is 42.5 Å². The van der Waals surface area contributed by atoms with E-state index in [0.717, 1.165) is 11.3 Å². The highest BCUT2D eigenvalue weighted by Gasteiger charge is 2.33. The number of nitrogens with one attached hydrogen (secondary N) is 1. The third-order valence-corrected chi connectivity index (χ3v) is 3.68. The van der Waals surface area contributed by atoms with Gasteiger partial charge in [-0.25, -0.2) is 4.79 Å². The zero-order valence-corrected chi connectivity index (χ0v) is 11.9. The number of morpholine rings is 1. The van der Waals surface area contributed by atoms with Crippen molar-refractivity contribution in [2.45, 2.75) is 6.04 Å². The minimum Gasteiger partial charge on any atom is -0.480 e. The van der Waals surface area contributed by atoms with E-state index in [2.05, 4.69) is 4.98 Å². The van der Waals surface area contributed by atoms with E-state index in [-0.39, 0.29) is 19.1 Å². The molecule has 2 aromatic rings. The second kappa shape index (κ2) is 6.03. The molecule has 1 atom stereocenters. The number of carboxylic acid groups (broad SMARTS) is 1. The van der Waals surface area contributed by atoms with E-state index in [1.54, 1.807) is 6.07 Å². The summed E-state index contributed by atoms with van der Waals surface area (Å²) in [6, 6.07) is 12.2. The molecule has 22 heavy (non-hydrogen) atoms. The van der Waals surface area contributed by atoms with Crippen molar-refractivity contribution in [1.29, 1.82) is 0 Å². The maximum atomic E-state index is 12.5. The van der Waals surface area contributed by atoms with Crippen LogP contribution in [-0.2, 0) is 9.53 Å². The number of aromatic nitrogens is 1. The molecule has 1 aliphatic heterocycles. The Balaban J connectivity index is 1.83. The Hall–Kier alpha value is -2.60. The first-order chi connectivity index (χ1) is 10.7. The first-order valence-electron chi connectivity index (χ1n) is 7.03. The van der Waals surface area contributed by atoms with E-state index in [1.165, 1.54) is 4.90 Å². The molecule has 1 amide bonds. The monoisotopic (exact) mass is 300 g/mol. The predicted octanol–water partition coefficient (Wildman–Crippen LogP) is 1.61. The van der Waals surface area contributed by atoms with E-state index in [0.29, 0.717) is 12.3 Å². The van der Waals surface area contributed by atoms with Crippen molar-refractivity contribution < 1.29 is 19.4 Å². The summed E-state index contributed by atoms with van der Waals surface area (Å²) in [5.41, 5.74) is 2.18. The molecule has 0 radical (unpaired) electrons. The quantitative estimate of drug-likeness (QED) is 0.902. The van der Waals surface area contributed by atoms with Crippen LogP contribution in [0.1, 0.15) is 10.5 Å². The molecule has 0 saturated carbocycles. The van der Waals surface area contributed by atoms with Gasteiger partial charge in [-0.3, -0.25) is 4.79 Å². The maximum absolute atomic E-state index is 12.5. The Bertz CT molecular complexity index is 680. The number of ether oxygens (including phenoxy) is 1. The van der Waals surface area contributed by atoms with Gasteiger partial charge in [0, 0.05) is 12.2 Å². The summed E-state index contributed by atoms with van der Waals surface area (Å²) in [6.45, 7) is 0.643. The summed E-state index contributed by atoms with van der Waals surface area (Å²) in [7, 11) is 0. The molecular formula is C16H16N2O4. The molecule has 3 rings (SSSR count).